The number of thioether (sulfide) groups is 1. The summed E-state index contributed by atoms with van der Waals surface area (Å²) in [7, 11) is 0. The molecule has 2 saturated heterocycles. The Labute approximate surface area is 172 Å². The van der Waals surface area contributed by atoms with Crippen LogP contribution >= 0.6 is 23.4 Å². The molecule has 2 heterocycles. The molecule has 2 aliphatic rings. The monoisotopic (exact) mass is 424 g/mol. The summed E-state index contributed by atoms with van der Waals surface area (Å²) in [5.41, 5.74) is 0.513. The predicted octanol–water partition coefficient (Wildman–Crippen LogP) is 3.49. The molecule has 1 aromatic carbocycles. The molecule has 0 unspecified atom stereocenters. The van der Waals surface area contributed by atoms with Crippen molar-refractivity contribution in [1.29, 1.82) is 0 Å². The van der Waals surface area contributed by atoms with E-state index in [1.54, 1.807) is 11.8 Å². The Morgan fingerprint density at radius 2 is 2.00 bits per heavy atom. The van der Waals surface area contributed by atoms with Crippen LogP contribution in [0.3, 0.4) is 0 Å². The lowest BCUT2D eigenvalue weighted by Gasteiger charge is -2.27. The maximum Gasteiger partial charge on any atom is 0.294 e. The van der Waals surface area contributed by atoms with E-state index in [-0.39, 0.29) is 33.9 Å². The fourth-order valence-corrected chi connectivity index (χ4v) is 4.17. The Morgan fingerprint density at radius 3 is 2.68 bits per heavy atom. The second-order valence-corrected chi connectivity index (χ2v) is 7.89. The smallest absolute Gasteiger partial charge is 0.294 e. The molecule has 1 aromatic rings. The molecule has 0 aliphatic carbocycles. The standard InChI is InChI=1S/C19H21ClN2O5S/c1-2-27-14-9-12(8-13(20)17(14)24)10-15-18(25)22(19(26)28-15)11-16(23)21-6-4-3-5-7-21/h8-10,24H,2-7,11H2,1H3/b15-10-. The maximum atomic E-state index is 12.6. The van der Waals surface area contributed by atoms with Gasteiger partial charge >= 0.3 is 0 Å². The molecule has 0 saturated carbocycles. The van der Waals surface area contributed by atoms with Crippen LogP contribution in [-0.4, -0.2) is 58.2 Å². The molecule has 2 aliphatic heterocycles. The molecule has 3 amide bonds. The number of likely N-dealkylation sites (tertiary alicyclic amines) is 1. The van der Waals surface area contributed by atoms with Crippen LogP contribution in [0.2, 0.25) is 5.02 Å². The highest BCUT2D eigenvalue weighted by Crippen LogP contribution is 2.38. The summed E-state index contributed by atoms with van der Waals surface area (Å²) in [5.74, 6) is -0.710. The van der Waals surface area contributed by atoms with Gasteiger partial charge in [-0.1, -0.05) is 11.6 Å². The van der Waals surface area contributed by atoms with Gasteiger partial charge in [0.1, 0.15) is 6.54 Å². The van der Waals surface area contributed by atoms with Crippen LogP contribution in [-0.2, 0) is 9.59 Å². The van der Waals surface area contributed by atoms with Gasteiger partial charge in [0.15, 0.2) is 11.5 Å². The number of nitrogens with zero attached hydrogens (tertiary/aromatic N) is 2. The van der Waals surface area contributed by atoms with Gasteiger partial charge in [-0.05, 0) is 61.7 Å². The van der Waals surface area contributed by atoms with E-state index < -0.39 is 11.1 Å². The van der Waals surface area contributed by atoms with Gasteiger partial charge in [-0.2, -0.15) is 0 Å². The number of amides is 3. The zero-order valence-corrected chi connectivity index (χ0v) is 17.0. The summed E-state index contributed by atoms with van der Waals surface area (Å²) in [6.45, 7) is 3.18. The molecule has 1 N–H and O–H groups in total. The van der Waals surface area contributed by atoms with Gasteiger partial charge in [-0.3, -0.25) is 19.3 Å². The number of halogens is 1. The van der Waals surface area contributed by atoms with Crippen LogP contribution in [0, 0.1) is 0 Å². The molecular formula is C19H21ClN2O5S. The van der Waals surface area contributed by atoms with Gasteiger partial charge in [0.2, 0.25) is 5.91 Å². The molecule has 0 atom stereocenters. The Bertz CT molecular complexity index is 836. The number of aromatic hydroxyl groups is 1. The van der Waals surface area contributed by atoms with Crippen molar-refractivity contribution >= 4 is 46.5 Å². The largest absolute Gasteiger partial charge is 0.503 e. The topological polar surface area (TPSA) is 87.2 Å². The quantitative estimate of drug-likeness (QED) is 0.728. The van der Waals surface area contributed by atoms with Gasteiger partial charge in [0, 0.05) is 13.1 Å². The number of piperidine rings is 1. The lowest BCUT2D eigenvalue weighted by molar-refractivity contribution is -0.136. The Balaban J connectivity index is 1.76. The van der Waals surface area contributed by atoms with Gasteiger partial charge < -0.3 is 14.7 Å². The number of phenolic OH excluding ortho intramolecular Hbond substituents is 1. The summed E-state index contributed by atoms with van der Waals surface area (Å²) in [6.07, 6.45) is 4.48. The van der Waals surface area contributed by atoms with Gasteiger partial charge in [0.05, 0.1) is 16.5 Å². The molecule has 0 aromatic heterocycles. The number of carbonyl (C=O) groups excluding carboxylic acids is 3. The summed E-state index contributed by atoms with van der Waals surface area (Å²) in [6, 6.07) is 3.02. The van der Waals surface area contributed by atoms with E-state index in [9.17, 15) is 19.5 Å². The third kappa shape index (κ3) is 4.44. The molecule has 28 heavy (non-hydrogen) atoms. The lowest BCUT2D eigenvalue weighted by atomic mass is 10.1. The van der Waals surface area contributed by atoms with Crippen molar-refractivity contribution in [3.05, 3.63) is 27.6 Å². The number of carbonyl (C=O) groups is 3. The highest BCUT2D eigenvalue weighted by molar-refractivity contribution is 8.18. The molecule has 0 bridgehead atoms. The fraction of sp³-hybridized carbons (Fsp3) is 0.421. The van der Waals surface area contributed by atoms with Crippen molar-refractivity contribution < 1.29 is 24.2 Å². The van der Waals surface area contributed by atoms with Crippen molar-refractivity contribution in [1.82, 2.24) is 9.80 Å². The first-order valence-electron chi connectivity index (χ1n) is 9.09. The number of phenols is 1. The minimum atomic E-state index is -0.512. The van der Waals surface area contributed by atoms with E-state index >= 15 is 0 Å². The minimum Gasteiger partial charge on any atom is -0.503 e. The zero-order chi connectivity index (χ0) is 20.3. The van der Waals surface area contributed by atoms with Crippen molar-refractivity contribution in [2.24, 2.45) is 0 Å². The van der Waals surface area contributed by atoms with E-state index in [4.69, 9.17) is 16.3 Å². The van der Waals surface area contributed by atoms with Crippen LogP contribution in [0.1, 0.15) is 31.7 Å². The van der Waals surface area contributed by atoms with E-state index in [1.807, 2.05) is 0 Å². The number of hydrogen-bond donors (Lipinski definition) is 1. The molecule has 0 radical (unpaired) electrons. The molecule has 2 fully saturated rings. The van der Waals surface area contributed by atoms with E-state index in [0.717, 1.165) is 35.9 Å². The lowest BCUT2D eigenvalue weighted by Crippen LogP contribution is -2.44. The first-order chi connectivity index (χ1) is 13.4. The summed E-state index contributed by atoms with van der Waals surface area (Å²) >= 11 is 6.79. The SMILES string of the molecule is CCOc1cc(/C=C2\SC(=O)N(CC(=O)N3CCCCC3)C2=O)cc(Cl)c1O. The number of hydrogen-bond acceptors (Lipinski definition) is 6. The highest BCUT2D eigenvalue weighted by Gasteiger charge is 2.37. The summed E-state index contributed by atoms with van der Waals surface area (Å²) in [5, 5.41) is 9.52. The van der Waals surface area contributed by atoms with Gasteiger partial charge in [-0.25, -0.2) is 0 Å². The van der Waals surface area contributed by atoms with E-state index in [2.05, 4.69) is 0 Å². The first-order valence-corrected chi connectivity index (χ1v) is 10.3. The summed E-state index contributed by atoms with van der Waals surface area (Å²) in [4.78, 5) is 40.2. The zero-order valence-electron chi connectivity index (χ0n) is 15.4. The number of imide groups is 1. The highest BCUT2D eigenvalue weighted by atomic mass is 35.5. The van der Waals surface area contributed by atoms with Crippen LogP contribution in [0.5, 0.6) is 11.5 Å². The Kier molecular flexibility index (Phi) is 6.51. The second kappa shape index (κ2) is 8.87. The molecular weight excluding hydrogens is 404 g/mol. The molecule has 150 valence electrons. The average molecular weight is 425 g/mol. The molecule has 9 heteroatoms. The van der Waals surface area contributed by atoms with E-state index in [0.29, 0.717) is 25.3 Å². The number of rotatable bonds is 5. The van der Waals surface area contributed by atoms with Crippen LogP contribution < -0.4 is 4.74 Å². The molecule has 7 nitrogen and oxygen atoms in total. The maximum absolute atomic E-state index is 12.6. The number of benzene rings is 1. The Morgan fingerprint density at radius 1 is 1.29 bits per heavy atom. The van der Waals surface area contributed by atoms with Crippen LogP contribution in [0.25, 0.3) is 6.08 Å². The third-order valence-electron chi connectivity index (χ3n) is 4.52. The molecule has 0 spiro atoms. The fourth-order valence-electron chi connectivity index (χ4n) is 3.11. The third-order valence-corrected chi connectivity index (χ3v) is 5.72. The van der Waals surface area contributed by atoms with Crippen molar-refractivity contribution in [2.75, 3.05) is 26.2 Å². The predicted molar refractivity (Wildman–Crippen MR) is 107 cm³/mol. The molecule has 3 rings (SSSR count). The summed E-state index contributed by atoms with van der Waals surface area (Å²) < 4.78 is 5.33. The Hall–Kier alpha value is -2.19. The first kappa shape index (κ1) is 20.5. The normalized spacial score (nSPS) is 18.9. The number of ether oxygens (including phenoxy) is 1. The average Bonchev–Trinajstić information content (AvgIpc) is 2.94. The van der Waals surface area contributed by atoms with Crippen molar-refractivity contribution in [3.63, 3.8) is 0 Å². The second-order valence-electron chi connectivity index (χ2n) is 6.49. The van der Waals surface area contributed by atoms with E-state index in [1.165, 1.54) is 18.2 Å². The van der Waals surface area contributed by atoms with Crippen molar-refractivity contribution in [3.8, 4) is 11.5 Å². The minimum absolute atomic E-state index is 0.0803. The van der Waals surface area contributed by atoms with Gasteiger partial charge in [-0.15, -0.1) is 0 Å². The van der Waals surface area contributed by atoms with Gasteiger partial charge in [0.25, 0.3) is 11.1 Å². The van der Waals surface area contributed by atoms with Crippen LogP contribution in [0.4, 0.5) is 4.79 Å². The van der Waals surface area contributed by atoms with Crippen LogP contribution in [0.15, 0.2) is 17.0 Å². The van der Waals surface area contributed by atoms with Crippen molar-refractivity contribution in [2.45, 2.75) is 26.2 Å².